The molecule has 1 aliphatic heterocycles. The first-order valence-corrected chi connectivity index (χ1v) is 8.98. The van der Waals surface area contributed by atoms with Gasteiger partial charge in [0.25, 0.3) is 5.91 Å². The lowest BCUT2D eigenvalue weighted by molar-refractivity contribution is 0.0735. The van der Waals surface area contributed by atoms with Gasteiger partial charge in [0.1, 0.15) is 0 Å². The quantitative estimate of drug-likeness (QED) is 0.858. The van der Waals surface area contributed by atoms with E-state index in [1.165, 1.54) is 11.1 Å². The van der Waals surface area contributed by atoms with Crippen LogP contribution in [0.15, 0.2) is 48.8 Å². The highest BCUT2D eigenvalue weighted by Gasteiger charge is 2.30. The molecule has 0 spiro atoms. The fraction of sp³-hybridized carbons (Fsp3) is 0.333. The Balaban J connectivity index is 1.78. The summed E-state index contributed by atoms with van der Waals surface area (Å²) in [5, 5.41) is 0. The van der Waals surface area contributed by atoms with E-state index in [-0.39, 0.29) is 11.9 Å². The summed E-state index contributed by atoms with van der Waals surface area (Å²) >= 11 is 1.79. The number of benzene rings is 1. The second-order valence-electron chi connectivity index (χ2n) is 5.57. The summed E-state index contributed by atoms with van der Waals surface area (Å²) in [6.07, 6.45) is 7.77. The van der Waals surface area contributed by atoms with Crippen LogP contribution in [0, 0.1) is 0 Å². The van der Waals surface area contributed by atoms with E-state index < -0.39 is 0 Å². The molecule has 0 saturated carbocycles. The van der Waals surface area contributed by atoms with E-state index in [0.29, 0.717) is 0 Å². The molecule has 1 atom stereocenters. The first-order valence-electron chi connectivity index (χ1n) is 7.58. The van der Waals surface area contributed by atoms with Gasteiger partial charge in [-0.05, 0) is 54.5 Å². The number of rotatable bonds is 4. The molecule has 1 aliphatic rings. The van der Waals surface area contributed by atoms with Crippen molar-refractivity contribution in [1.29, 1.82) is 0 Å². The van der Waals surface area contributed by atoms with Crippen molar-refractivity contribution in [2.75, 3.05) is 12.8 Å². The van der Waals surface area contributed by atoms with Gasteiger partial charge in [0, 0.05) is 30.3 Å². The zero-order valence-electron chi connectivity index (χ0n) is 12.7. The van der Waals surface area contributed by atoms with Crippen molar-refractivity contribution in [3.05, 3.63) is 65.5 Å². The van der Waals surface area contributed by atoms with Crippen LogP contribution in [0.25, 0.3) is 0 Å². The fourth-order valence-corrected chi connectivity index (χ4v) is 3.54. The van der Waals surface area contributed by atoms with Gasteiger partial charge in [-0.2, -0.15) is 11.8 Å². The largest absolute Gasteiger partial charge is 0.332 e. The molecule has 0 N–H and O–H groups in total. The number of pyridine rings is 1. The zero-order valence-corrected chi connectivity index (χ0v) is 13.6. The standard InChI is InChI=1S/C18H20N2OS/c1-22-13-14-4-6-16(7-5-14)18(21)20-12-2-3-17(20)15-8-10-19-11-9-15/h4-11,17H,2-3,12-13H2,1H3. The number of nitrogens with zero attached hydrogens (tertiary/aromatic N) is 2. The smallest absolute Gasteiger partial charge is 0.254 e. The van der Waals surface area contributed by atoms with Gasteiger partial charge < -0.3 is 4.90 Å². The van der Waals surface area contributed by atoms with Crippen LogP contribution in [-0.2, 0) is 5.75 Å². The van der Waals surface area contributed by atoms with Crippen LogP contribution in [0.4, 0.5) is 0 Å². The molecule has 3 rings (SSSR count). The Morgan fingerprint density at radius 3 is 2.64 bits per heavy atom. The maximum Gasteiger partial charge on any atom is 0.254 e. The highest BCUT2D eigenvalue weighted by atomic mass is 32.2. The molecule has 1 fully saturated rings. The first-order chi connectivity index (χ1) is 10.8. The topological polar surface area (TPSA) is 33.2 Å². The molecule has 1 aromatic heterocycles. The van der Waals surface area contributed by atoms with Crippen LogP contribution in [0.2, 0.25) is 0 Å². The fourth-order valence-electron chi connectivity index (χ4n) is 3.02. The molecule has 114 valence electrons. The predicted molar refractivity (Wildman–Crippen MR) is 90.9 cm³/mol. The summed E-state index contributed by atoms with van der Waals surface area (Å²) in [5.74, 6) is 1.12. The molecule has 2 aromatic rings. The minimum Gasteiger partial charge on any atom is -0.332 e. The van der Waals surface area contributed by atoms with Crippen molar-refractivity contribution in [2.45, 2.75) is 24.6 Å². The molecule has 4 heteroatoms. The third-order valence-electron chi connectivity index (χ3n) is 4.12. The number of aromatic nitrogens is 1. The molecule has 1 saturated heterocycles. The summed E-state index contributed by atoms with van der Waals surface area (Å²) in [6.45, 7) is 0.832. The Hall–Kier alpha value is -1.81. The van der Waals surface area contributed by atoms with Crippen LogP contribution in [0.3, 0.4) is 0 Å². The second kappa shape index (κ2) is 6.97. The van der Waals surface area contributed by atoms with Gasteiger partial charge in [-0.1, -0.05) is 12.1 Å². The van der Waals surface area contributed by atoms with E-state index in [0.717, 1.165) is 30.7 Å². The van der Waals surface area contributed by atoms with Gasteiger partial charge in [0.05, 0.1) is 6.04 Å². The van der Waals surface area contributed by atoms with Gasteiger partial charge in [0.15, 0.2) is 0 Å². The van der Waals surface area contributed by atoms with Crippen molar-refractivity contribution in [3.8, 4) is 0 Å². The van der Waals surface area contributed by atoms with Crippen molar-refractivity contribution >= 4 is 17.7 Å². The molecular weight excluding hydrogens is 292 g/mol. The number of carbonyl (C=O) groups is 1. The molecular formula is C18H20N2OS. The third-order valence-corrected chi connectivity index (χ3v) is 4.74. The Kier molecular flexibility index (Phi) is 4.78. The maximum absolute atomic E-state index is 12.8. The molecule has 3 nitrogen and oxygen atoms in total. The highest BCUT2D eigenvalue weighted by molar-refractivity contribution is 7.97. The highest BCUT2D eigenvalue weighted by Crippen LogP contribution is 2.32. The molecule has 0 aliphatic carbocycles. The Morgan fingerprint density at radius 1 is 1.23 bits per heavy atom. The number of amides is 1. The monoisotopic (exact) mass is 312 g/mol. The third kappa shape index (κ3) is 3.17. The number of hydrogen-bond acceptors (Lipinski definition) is 3. The lowest BCUT2D eigenvalue weighted by Gasteiger charge is -2.25. The molecule has 1 aromatic carbocycles. The van der Waals surface area contributed by atoms with E-state index in [9.17, 15) is 4.79 Å². The Labute approximate surface area is 135 Å². The van der Waals surface area contributed by atoms with E-state index in [1.54, 1.807) is 24.2 Å². The maximum atomic E-state index is 12.8. The van der Waals surface area contributed by atoms with Crippen LogP contribution >= 0.6 is 11.8 Å². The van der Waals surface area contributed by atoms with Crippen LogP contribution < -0.4 is 0 Å². The zero-order chi connectivity index (χ0) is 15.4. The molecule has 2 heterocycles. The Morgan fingerprint density at radius 2 is 1.95 bits per heavy atom. The lowest BCUT2D eigenvalue weighted by atomic mass is 10.1. The minimum absolute atomic E-state index is 0.134. The molecule has 0 radical (unpaired) electrons. The SMILES string of the molecule is CSCc1ccc(C(=O)N2CCCC2c2ccncc2)cc1. The number of carbonyl (C=O) groups excluding carboxylic acids is 1. The van der Waals surface area contributed by atoms with E-state index in [2.05, 4.69) is 23.4 Å². The normalized spacial score (nSPS) is 17.7. The van der Waals surface area contributed by atoms with Crippen LogP contribution in [0.5, 0.6) is 0 Å². The molecule has 0 bridgehead atoms. The predicted octanol–water partition coefficient (Wildman–Crippen LogP) is 3.92. The van der Waals surface area contributed by atoms with E-state index >= 15 is 0 Å². The van der Waals surface area contributed by atoms with Crippen molar-refractivity contribution in [2.24, 2.45) is 0 Å². The van der Waals surface area contributed by atoms with Gasteiger partial charge >= 0.3 is 0 Å². The van der Waals surface area contributed by atoms with Crippen molar-refractivity contribution in [1.82, 2.24) is 9.88 Å². The average molecular weight is 312 g/mol. The van der Waals surface area contributed by atoms with Gasteiger partial charge in [-0.25, -0.2) is 0 Å². The van der Waals surface area contributed by atoms with E-state index in [1.807, 2.05) is 29.2 Å². The van der Waals surface area contributed by atoms with Crippen LogP contribution in [-0.4, -0.2) is 28.6 Å². The van der Waals surface area contributed by atoms with Gasteiger partial charge in [-0.3, -0.25) is 9.78 Å². The first kappa shape index (κ1) is 15.1. The second-order valence-corrected chi connectivity index (χ2v) is 6.43. The summed E-state index contributed by atoms with van der Waals surface area (Å²) in [4.78, 5) is 18.9. The van der Waals surface area contributed by atoms with E-state index in [4.69, 9.17) is 0 Å². The summed E-state index contributed by atoms with van der Waals surface area (Å²) in [5.41, 5.74) is 3.22. The molecule has 1 amide bonds. The minimum atomic E-state index is 0.134. The summed E-state index contributed by atoms with van der Waals surface area (Å²) < 4.78 is 0. The molecule has 22 heavy (non-hydrogen) atoms. The van der Waals surface area contributed by atoms with Gasteiger partial charge in [-0.15, -0.1) is 0 Å². The average Bonchev–Trinajstić information content (AvgIpc) is 3.06. The van der Waals surface area contributed by atoms with Crippen molar-refractivity contribution < 1.29 is 4.79 Å². The van der Waals surface area contributed by atoms with Crippen LogP contribution in [0.1, 0.15) is 40.4 Å². The molecule has 1 unspecified atom stereocenters. The van der Waals surface area contributed by atoms with Crippen molar-refractivity contribution in [3.63, 3.8) is 0 Å². The number of thioether (sulfide) groups is 1. The lowest BCUT2D eigenvalue weighted by Crippen LogP contribution is -2.30. The van der Waals surface area contributed by atoms with Gasteiger partial charge in [0.2, 0.25) is 0 Å². The number of hydrogen-bond donors (Lipinski definition) is 0. The number of likely N-dealkylation sites (tertiary alicyclic amines) is 1. The summed E-state index contributed by atoms with van der Waals surface area (Å²) in [7, 11) is 0. The summed E-state index contributed by atoms with van der Waals surface area (Å²) in [6, 6.07) is 12.2. The Bertz CT molecular complexity index is 627.